The van der Waals surface area contributed by atoms with Crippen LogP contribution in [0.25, 0.3) is 0 Å². The van der Waals surface area contributed by atoms with Crippen LogP contribution in [0.2, 0.25) is 5.15 Å². The Morgan fingerprint density at radius 2 is 1.93 bits per heavy atom. The molecule has 0 unspecified atom stereocenters. The van der Waals surface area contributed by atoms with Crippen LogP contribution in [0.3, 0.4) is 0 Å². The lowest BCUT2D eigenvalue weighted by atomic mass is 10.2. The van der Waals surface area contributed by atoms with Crippen LogP contribution in [0.4, 0.5) is 0 Å². The van der Waals surface area contributed by atoms with E-state index < -0.39 is 0 Å². The van der Waals surface area contributed by atoms with E-state index in [2.05, 4.69) is 42.4 Å². The van der Waals surface area contributed by atoms with Crippen molar-refractivity contribution < 1.29 is 4.79 Å². The highest BCUT2D eigenvalue weighted by Gasteiger charge is 2.12. The zero-order valence-electron chi connectivity index (χ0n) is 13.7. The highest BCUT2D eigenvalue weighted by Crippen LogP contribution is 2.19. The molecule has 0 atom stereocenters. The lowest BCUT2D eigenvalue weighted by Crippen LogP contribution is -2.17. The number of hydrogen-bond acceptors (Lipinski definition) is 4. The highest BCUT2D eigenvalue weighted by molar-refractivity contribution is 9.10. The number of benzene rings is 2. The van der Waals surface area contributed by atoms with Crippen LogP contribution in [-0.4, -0.2) is 16.7 Å². The molecule has 0 saturated carbocycles. The molecule has 0 spiro atoms. The highest BCUT2D eigenvalue weighted by atomic mass is 79.9. The van der Waals surface area contributed by atoms with Crippen molar-refractivity contribution in [1.82, 2.24) is 9.99 Å². The third-order valence-corrected chi connectivity index (χ3v) is 6.00. The molecule has 1 heterocycles. The lowest BCUT2D eigenvalue weighted by molar-refractivity contribution is 0.0955. The van der Waals surface area contributed by atoms with E-state index in [4.69, 9.17) is 11.6 Å². The monoisotopic (exact) mass is 527 g/mol. The topological polar surface area (TPSA) is 63.5 Å². The molecule has 138 valence electrons. The molecule has 0 bridgehead atoms. The van der Waals surface area contributed by atoms with Gasteiger partial charge in [0.1, 0.15) is 5.15 Å². The molecule has 0 aliphatic carbocycles. The SMILES string of the molecule is O=C(N/N=C/c1sc(=O)n(Cc2ccc(Br)cc2)c1Cl)c1cccc(Br)c1. The van der Waals surface area contributed by atoms with Crippen LogP contribution < -0.4 is 10.3 Å². The summed E-state index contributed by atoms with van der Waals surface area (Å²) in [5.41, 5.74) is 3.84. The van der Waals surface area contributed by atoms with E-state index in [-0.39, 0.29) is 15.9 Å². The molecule has 5 nitrogen and oxygen atoms in total. The number of amides is 1. The van der Waals surface area contributed by atoms with Gasteiger partial charge in [-0.3, -0.25) is 14.2 Å². The number of nitrogens with zero attached hydrogens (tertiary/aromatic N) is 2. The largest absolute Gasteiger partial charge is 0.309 e. The Morgan fingerprint density at radius 1 is 1.19 bits per heavy atom. The van der Waals surface area contributed by atoms with Crippen molar-refractivity contribution in [2.45, 2.75) is 6.54 Å². The number of hydrazone groups is 1. The molecule has 9 heteroatoms. The van der Waals surface area contributed by atoms with Crippen molar-refractivity contribution >= 4 is 66.9 Å². The number of halogens is 3. The molecule has 1 amide bonds. The zero-order chi connectivity index (χ0) is 19.4. The number of rotatable bonds is 5. The summed E-state index contributed by atoms with van der Waals surface area (Å²) in [5, 5.41) is 4.19. The van der Waals surface area contributed by atoms with Gasteiger partial charge in [-0.2, -0.15) is 5.10 Å². The molecule has 0 aliphatic heterocycles. The molecule has 27 heavy (non-hydrogen) atoms. The third kappa shape index (κ3) is 5.16. The minimum absolute atomic E-state index is 0.192. The minimum atomic E-state index is -0.356. The predicted molar refractivity (Wildman–Crippen MR) is 116 cm³/mol. The van der Waals surface area contributed by atoms with E-state index in [9.17, 15) is 9.59 Å². The fourth-order valence-corrected chi connectivity index (χ4v) is 4.00. The lowest BCUT2D eigenvalue weighted by Gasteiger charge is -2.04. The normalized spacial score (nSPS) is 11.1. The molecule has 3 aromatic rings. The molecular formula is C18H12Br2ClN3O2S. The fraction of sp³-hybridized carbons (Fsp3) is 0.0556. The maximum absolute atomic E-state index is 12.2. The van der Waals surface area contributed by atoms with Crippen LogP contribution in [0.15, 0.2) is 67.4 Å². The van der Waals surface area contributed by atoms with Gasteiger partial charge < -0.3 is 0 Å². The van der Waals surface area contributed by atoms with Crippen molar-refractivity contribution in [2.75, 3.05) is 0 Å². The summed E-state index contributed by atoms with van der Waals surface area (Å²) in [6, 6.07) is 14.6. The van der Waals surface area contributed by atoms with Crippen molar-refractivity contribution in [3.63, 3.8) is 0 Å². The Balaban J connectivity index is 1.72. The van der Waals surface area contributed by atoms with E-state index in [1.807, 2.05) is 30.3 Å². The number of carbonyl (C=O) groups is 1. The third-order valence-electron chi connectivity index (χ3n) is 3.55. The van der Waals surface area contributed by atoms with Gasteiger partial charge in [0.05, 0.1) is 17.6 Å². The maximum Gasteiger partial charge on any atom is 0.309 e. The Kier molecular flexibility index (Phi) is 6.64. The second-order valence-corrected chi connectivity index (χ2v) is 8.63. The van der Waals surface area contributed by atoms with Crippen molar-refractivity contribution in [1.29, 1.82) is 0 Å². The average molecular weight is 530 g/mol. The molecule has 3 rings (SSSR count). The van der Waals surface area contributed by atoms with Gasteiger partial charge in [0.15, 0.2) is 0 Å². The standard InChI is InChI=1S/C18H12Br2ClN3O2S/c19-13-6-4-11(5-7-13)10-24-16(21)15(27-18(24)26)9-22-23-17(25)12-2-1-3-14(20)8-12/h1-9H,10H2,(H,23,25)/b22-9+. The van der Waals surface area contributed by atoms with Gasteiger partial charge in [0.2, 0.25) is 0 Å². The van der Waals surface area contributed by atoms with Crippen LogP contribution >= 0.6 is 54.8 Å². The maximum atomic E-state index is 12.2. The van der Waals surface area contributed by atoms with Crippen LogP contribution in [0.5, 0.6) is 0 Å². The molecule has 0 radical (unpaired) electrons. The van der Waals surface area contributed by atoms with Gasteiger partial charge in [-0.1, -0.05) is 73.0 Å². The zero-order valence-corrected chi connectivity index (χ0v) is 18.4. The minimum Gasteiger partial charge on any atom is -0.284 e. The number of carbonyl (C=O) groups excluding carboxylic acids is 1. The first-order valence-corrected chi connectivity index (χ1v) is 10.4. The summed E-state index contributed by atoms with van der Waals surface area (Å²) in [4.78, 5) is 24.6. The van der Waals surface area contributed by atoms with Crippen LogP contribution in [0, 0.1) is 0 Å². The molecule has 1 aromatic heterocycles. The summed E-state index contributed by atoms with van der Waals surface area (Å²) in [6.07, 6.45) is 1.38. The summed E-state index contributed by atoms with van der Waals surface area (Å²) in [7, 11) is 0. The van der Waals surface area contributed by atoms with E-state index in [0.29, 0.717) is 17.0 Å². The van der Waals surface area contributed by atoms with Gasteiger partial charge in [-0.05, 0) is 35.9 Å². The van der Waals surface area contributed by atoms with Gasteiger partial charge in [-0.15, -0.1) is 0 Å². The molecule has 0 fully saturated rings. The summed E-state index contributed by atoms with van der Waals surface area (Å²) in [5.74, 6) is -0.356. The Bertz CT molecular complexity index is 1060. The number of aromatic nitrogens is 1. The molecule has 0 saturated heterocycles. The van der Waals surface area contributed by atoms with Crippen molar-refractivity contribution in [2.24, 2.45) is 5.10 Å². The fourth-order valence-electron chi connectivity index (χ4n) is 2.23. The number of hydrogen-bond donors (Lipinski definition) is 1. The van der Waals surface area contributed by atoms with E-state index in [1.165, 1.54) is 10.8 Å². The Morgan fingerprint density at radius 3 is 2.63 bits per heavy atom. The van der Waals surface area contributed by atoms with E-state index >= 15 is 0 Å². The Labute approximate surface area is 180 Å². The van der Waals surface area contributed by atoms with Crippen LogP contribution in [0.1, 0.15) is 20.8 Å². The average Bonchev–Trinajstić information content (AvgIpc) is 2.91. The smallest absolute Gasteiger partial charge is 0.284 e. The summed E-state index contributed by atoms with van der Waals surface area (Å²) >= 11 is 14.0. The first-order chi connectivity index (χ1) is 12.9. The second kappa shape index (κ2) is 8.97. The molecule has 0 aliphatic rings. The van der Waals surface area contributed by atoms with E-state index in [0.717, 1.165) is 25.8 Å². The van der Waals surface area contributed by atoms with Crippen molar-refractivity contribution in [3.05, 3.63) is 88.3 Å². The molecular weight excluding hydrogens is 518 g/mol. The first kappa shape index (κ1) is 20.0. The van der Waals surface area contributed by atoms with E-state index in [1.54, 1.807) is 18.2 Å². The number of nitrogens with one attached hydrogen (secondary N) is 1. The summed E-state index contributed by atoms with van der Waals surface area (Å²) in [6.45, 7) is 0.361. The Hall–Kier alpha value is -1.74. The first-order valence-electron chi connectivity index (χ1n) is 7.66. The van der Waals surface area contributed by atoms with Gasteiger partial charge in [0.25, 0.3) is 5.91 Å². The molecule has 1 N–H and O–H groups in total. The van der Waals surface area contributed by atoms with Gasteiger partial charge in [-0.25, -0.2) is 5.43 Å². The van der Waals surface area contributed by atoms with Crippen LogP contribution in [-0.2, 0) is 6.54 Å². The molecule has 2 aromatic carbocycles. The number of thiazole rings is 1. The van der Waals surface area contributed by atoms with Gasteiger partial charge in [0, 0.05) is 14.5 Å². The van der Waals surface area contributed by atoms with Crippen molar-refractivity contribution in [3.8, 4) is 0 Å². The quantitative estimate of drug-likeness (QED) is 0.378. The predicted octanol–water partition coefficient (Wildman–Crippen LogP) is 4.90. The second-order valence-electron chi connectivity index (χ2n) is 5.45. The van der Waals surface area contributed by atoms with Gasteiger partial charge >= 0.3 is 4.87 Å². The summed E-state index contributed by atoms with van der Waals surface area (Å²) < 4.78 is 3.22.